The van der Waals surface area contributed by atoms with Gasteiger partial charge in [0.05, 0.1) is 17.0 Å². The fraction of sp³-hybridized carbons (Fsp3) is 0.588. The number of hydrogen-bond acceptors (Lipinski definition) is 4. The Kier molecular flexibility index (Phi) is 8.95. The summed E-state index contributed by atoms with van der Waals surface area (Å²) in [6.45, 7) is 8.05. The molecule has 9 heteroatoms. The van der Waals surface area contributed by atoms with Crippen LogP contribution in [0.25, 0.3) is 0 Å². The summed E-state index contributed by atoms with van der Waals surface area (Å²) in [4.78, 5) is 6.58. The van der Waals surface area contributed by atoms with Gasteiger partial charge in [0.15, 0.2) is 15.8 Å². The molecule has 6 nitrogen and oxygen atoms in total. The van der Waals surface area contributed by atoms with Gasteiger partial charge < -0.3 is 15.0 Å². The third-order valence-corrected chi connectivity index (χ3v) is 6.90. The lowest BCUT2D eigenvalue weighted by Crippen LogP contribution is -2.57. The van der Waals surface area contributed by atoms with E-state index in [9.17, 15) is 8.42 Å². The Labute approximate surface area is 178 Å². The number of guanidine groups is 1. The van der Waals surface area contributed by atoms with E-state index in [4.69, 9.17) is 16.3 Å². The normalized spacial score (nSPS) is 18.8. The van der Waals surface area contributed by atoms with Crippen molar-refractivity contribution < 1.29 is 13.2 Å². The number of aliphatic imine (C=N–C) groups is 1. The van der Waals surface area contributed by atoms with E-state index in [1.54, 1.807) is 26.0 Å². The summed E-state index contributed by atoms with van der Waals surface area (Å²) < 4.78 is 29.2. The highest BCUT2D eigenvalue weighted by molar-refractivity contribution is 14.0. The highest BCUT2D eigenvalue weighted by atomic mass is 127. The molecule has 148 valence electrons. The van der Waals surface area contributed by atoms with Gasteiger partial charge in [0, 0.05) is 24.7 Å². The zero-order valence-electron chi connectivity index (χ0n) is 15.4. The monoisotopic (exact) mass is 515 g/mol. The summed E-state index contributed by atoms with van der Waals surface area (Å²) in [5.41, 5.74) is 0. The van der Waals surface area contributed by atoms with Crippen LogP contribution >= 0.6 is 35.6 Å². The number of hydrogen-bond donors (Lipinski definition) is 1. The molecule has 1 aromatic carbocycles. The van der Waals surface area contributed by atoms with E-state index in [0.29, 0.717) is 31.3 Å². The van der Waals surface area contributed by atoms with Crippen molar-refractivity contribution in [2.24, 2.45) is 4.99 Å². The molecule has 0 aliphatic carbocycles. The van der Waals surface area contributed by atoms with Crippen molar-refractivity contribution in [3.63, 3.8) is 0 Å². The van der Waals surface area contributed by atoms with Crippen LogP contribution in [0.1, 0.15) is 20.8 Å². The standard InChI is InChI=1S/C17H26ClN3O3S.HI/c1-4-19-16(21-10-12-25(22,23)17(2,3)13-21)20-9-11-24-15-7-5-14(18)6-8-15;/h5-8H,4,9-13H2,1-3H3,(H,19,20);1H. The number of halogens is 2. The van der Waals surface area contributed by atoms with Gasteiger partial charge in [-0.05, 0) is 45.0 Å². The fourth-order valence-corrected chi connectivity index (χ4v) is 4.09. The SMILES string of the molecule is CCNC(=NCCOc1ccc(Cl)cc1)N1CCS(=O)(=O)C(C)(C)C1.I. The van der Waals surface area contributed by atoms with Gasteiger partial charge in [0.2, 0.25) is 0 Å². The molecule has 1 saturated heterocycles. The second kappa shape index (κ2) is 9.98. The number of nitrogens with one attached hydrogen (secondary N) is 1. The Morgan fingerprint density at radius 1 is 1.35 bits per heavy atom. The fourth-order valence-electron chi connectivity index (χ4n) is 2.60. The maximum Gasteiger partial charge on any atom is 0.194 e. The zero-order valence-corrected chi connectivity index (χ0v) is 19.3. The number of rotatable bonds is 5. The molecule has 0 amide bonds. The van der Waals surface area contributed by atoms with E-state index in [2.05, 4.69) is 10.3 Å². The topological polar surface area (TPSA) is 71.0 Å². The molecule has 0 atom stereocenters. The second-order valence-corrected chi connectivity index (χ2v) is 9.72. The summed E-state index contributed by atoms with van der Waals surface area (Å²) in [5, 5.41) is 3.90. The van der Waals surface area contributed by atoms with Gasteiger partial charge in [0.1, 0.15) is 12.4 Å². The first-order chi connectivity index (χ1) is 11.7. The van der Waals surface area contributed by atoms with Gasteiger partial charge >= 0.3 is 0 Å². The summed E-state index contributed by atoms with van der Waals surface area (Å²) >= 11 is 5.84. The lowest BCUT2D eigenvalue weighted by Gasteiger charge is -2.39. The Balaban J connectivity index is 0.00000338. The lowest BCUT2D eigenvalue weighted by molar-refractivity contribution is 0.323. The van der Waals surface area contributed by atoms with E-state index in [0.717, 1.165) is 18.3 Å². The predicted octanol–water partition coefficient (Wildman–Crippen LogP) is 2.81. The molecule has 1 N–H and O–H groups in total. The molecule has 1 heterocycles. The molecular formula is C17H27ClIN3O3S. The van der Waals surface area contributed by atoms with Gasteiger partial charge in [-0.2, -0.15) is 0 Å². The molecule has 1 aliphatic rings. The molecule has 2 rings (SSSR count). The minimum Gasteiger partial charge on any atom is -0.492 e. The Hall–Kier alpha value is -0.740. The quantitative estimate of drug-likeness (QED) is 0.283. The van der Waals surface area contributed by atoms with Gasteiger partial charge in [-0.25, -0.2) is 13.4 Å². The third kappa shape index (κ3) is 6.16. The van der Waals surface area contributed by atoms with Crippen LogP contribution in [0.3, 0.4) is 0 Å². The van der Waals surface area contributed by atoms with Gasteiger partial charge in [-0.15, -0.1) is 24.0 Å². The maximum absolute atomic E-state index is 12.2. The van der Waals surface area contributed by atoms with E-state index < -0.39 is 14.6 Å². The summed E-state index contributed by atoms with van der Waals surface area (Å²) in [6.07, 6.45) is 0. The lowest BCUT2D eigenvalue weighted by atomic mass is 10.2. The first-order valence-corrected chi connectivity index (χ1v) is 10.4. The minimum absolute atomic E-state index is 0. The van der Waals surface area contributed by atoms with E-state index in [1.165, 1.54) is 0 Å². The van der Waals surface area contributed by atoms with E-state index >= 15 is 0 Å². The minimum atomic E-state index is -3.07. The number of ether oxygens (including phenoxy) is 1. The molecule has 0 bridgehead atoms. The first kappa shape index (κ1) is 23.3. The highest BCUT2D eigenvalue weighted by Crippen LogP contribution is 2.23. The first-order valence-electron chi connectivity index (χ1n) is 8.39. The van der Waals surface area contributed by atoms with E-state index in [-0.39, 0.29) is 29.7 Å². The van der Waals surface area contributed by atoms with Crippen molar-refractivity contribution in [2.75, 3.05) is 38.5 Å². The van der Waals surface area contributed by atoms with Crippen molar-refractivity contribution >= 4 is 51.4 Å². The number of nitrogens with zero attached hydrogens (tertiary/aromatic N) is 2. The molecule has 0 aromatic heterocycles. The Bertz CT molecular complexity index is 708. The second-order valence-electron chi connectivity index (χ2n) is 6.54. The third-order valence-electron chi connectivity index (χ3n) is 4.11. The number of benzene rings is 1. The molecular weight excluding hydrogens is 489 g/mol. The highest BCUT2D eigenvalue weighted by Gasteiger charge is 2.40. The van der Waals surface area contributed by atoms with Gasteiger partial charge in [-0.1, -0.05) is 11.6 Å². The number of sulfone groups is 1. The molecule has 1 aromatic rings. The van der Waals surface area contributed by atoms with Crippen LogP contribution < -0.4 is 10.1 Å². The van der Waals surface area contributed by atoms with Crippen molar-refractivity contribution in [1.29, 1.82) is 0 Å². The average molecular weight is 516 g/mol. The molecule has 0 unspecified atom stereocenters. The summed E-state index contributed by atoms with van der Waals surface area (Å²) in [6, 6.07) is 7.19. The van der Waals surface area contributed by atoms with Crippen LogP contribution in [-0.2, 0) is 9.84 Å². The molecule has 26 heavy (non-hydrogen) atoms. The van der Waals surface area contributed by atoms with Crippen molar-refractivity contribution in [2.45, 2.75) is 25.5 Å². The van der Waals surface area contributed by atoms with Crippen LogP contribution in [0.2, 0.25) is 5.02 Å². The summed E-state index contributed by atoms with van der Waals surface area (Å²) in [7, 11) is -3.07. The van der Waals surface area contributed by atoms with Gasteiger partial charge in [-0.3, -0.25) is 0 Å². The van der Waals surface area contributed by atoms with Crippen molar-refractivity contribution in [3.8, 4) is 5.75 Å². The maximum atomic E-state index is 12.2. The van der Waals surface area contributed by atoms with Crippen molar-refractivity contribution in [3.05, 3.63) is 29.3 Å². The molecule has 1 fully saturated rings. The van der Waals surface area contributed by atoms with Crippen LogP contribution in [0.4, 0.5) is 0 Å². The Morgan fingerprint density at radius 3 is 2.58 bits per heavy atom. The molecule has 0 saturated carbocycles. The van der Waals surface area contributed by atoms with Gasteiger partial charge in [0.25, 0.3) is 0 Å². The zero-order chi connectivity index (χ0) is 18.5. The smallest absolute Gasteiger partial charge is 0.194 e. The summed E-state index contributed by atoms with van der Waals surface area (Å²) in [5.74, 6) is 1.62. The van der Waals surface area contributed by atoms with Crippen LogP contribution in [-0.4, -0.2) is 62.6 Å². The largest absolute Gasteiger partial charge is 0.492 e. The molecule has 1 aliphatic heterocycles. The van der Waals surface area contributed by atoms with E-state index in [1.807, 2.05) is 24.0 Å². The average Bonchev–Trinajstić information content (AvgIpc) is 2.55. The van der Waals surface area contributed by atoms with Crippen LogP contribution in [0.15, 0.2) is 29.3 Å². The molecule has 0 spiro atoms. The van der Waals surface area contributed by atoms with Crippen LogP contribution in [0, 0.1) is 0 Å². The Morgan fingerprint density at radius 2 is 2.00 bits per heavy atom. The molecule has 0 radical (unpaired) electrons. The predicted molar refractivity (Wildman–Crippen MR) is 118 cm³/mol. The van der Waals surface area contributed by atoms with Crippen molar-refractivity contribution in [1.82, 2.24) is 10.2 Å². The van der Waals surface area contributed by atoms with Crippen LogP contribution in [0.5, 0.6) is 5.75 Å².